The van der Waals surface area contributed by atoms with E-state index < -0.39 is 0 Å². The maximum atomic E-state index is 12.4. The van der Waals surface area contributed by atoms with Gasteiger partial charge in [0.15, 0.2) is 5.65 Å². The highest BCUT2D eigenvalue weighted by molar-refractivity contribution is 6.31. The molecule has 0 unspecified atom stereocenters. The van der Waals surface area contributed by atoms with Crippen molar-refractivity contribution in [3.8, 4) is 0 Å². The molecule has 3 aromatic heterocycles. The van der Waals surface area contributed by atoms with E-state index in [0.717, 1.165) is 16.6 Å². The number of aromatic amines is 1. The first kappa shape index (κ1) is 13.8. The van der Waals surface area contributed by atoms with Crippen LogP contribution in [-0.4, -0.2) is 25.5 Å². The van der Waals surface area contributed by atoms with Crippen molar-refractivity contribution in [3.63, 3.8) is 0 Å². The van der Waals surface area contributed by atoms with E-state index in [0.29, 0.717) is 22.2 Å². The average molecular weight is 326 g/mol. The summed E-state index contributed by atoms with van der Waals surface area (Å²) in [5.74, 6) is 0.453. The van der Waals surface area contributed by atoms with Gasteiger partial charge in [-0.05, 0) is 37.3 Å². The summed E-state index contributed by atoms with van der Waals surface area (Å²) in [5, 5.41) is 8.63. The Morgan fingerprint density at radius 1 is 1.26 bits per heavy atom. The summed E-state index contributed by atoms with van der Waals surface area (Å²) >= 11 is 5.96. The maximum Gasteiger partial charge on any atom is 0.272 e. The van der Waals surface area contributed by atoms with Crippen molar-refractivity contribution in [2.75, 3.05) is 5.32 Å². The third-order valence-corrected chi connectivity index (χ3v) is 3.76. The molecule has 0 saturated carbocycles. The predicted molar refractivity (Wildman–Crippen MR) is 89.0 cm³/mol. The van der Waals surface area contributed by atoms with Crippen molar-refractivity contribution in [1.29, 1.82) is 0 Å². The van der Waals surface area contributed by atoms with Gasteiger partial charge in [0.25, 0.3) is 5.91 Å². The fraction of sp³-hybridized carbons (Fsp3) is 0.0625. The van der Waals surface area contributed by atoms with E-state index >= 15 is 0 Å². The lowest BCUT2D eigenvalue weighted by Gasteiger charge is -2.03. The number of carbonyl (C=O) groups is 1. The number of carbonyl (C=O) groups excluding carboxylic acids is 1. The van der Waals surface area contributed by atoms with Crippen molar-refractivity contribution < 1.29 is 4.79 Å². The van der Waals surface area contributed by atoms with E-state index in [1.807, 2.05) is 13.0 Å². The highest BCUT2D eigenvalue weighted by atomic mass is 35.5. The van der Waals surface area contributed by atoms with Gasteiger partial charge in [0.2, 0.25) is 0 Å². The molecule has 0 fully saturated rings. The molecule has 1 amide bonds. The number of aryl methyl sites for hydroxylation is 1. The van der Waals surface area contributed by atoms with Gasteiger partial charge < -0.3 is 10.3 Å². The zero-order chi connectivity index (χ0) is 16.0. The van der Waals surface area contributed by atoms with E-state index in [-0.39, 0.29) is 5.91 Å². The van der Waals surface area contributed by atoms with Crippen LogP contribution in [0.15, 0.2) is 42.6 Å². The molecule has 114 valence electrons. The van der Waals surface area contributed by atoms with Crippen LogP contribution in [0.2, 0.25) is 5.02 Å². The Kier molecular flexibility index (Phi) is 3.06. The highest BCUT2D eigenvalue weighted by Gasteiger charge is 2.11. The number of nitrogens with one attached hydrogen (secondary N) is 2. The van der Waals surface area contributed by atoms with Crippen molar-refractivity contribution in [3.05, 3.63) is 59.1 Å². The summed E-state index contributed by atoms with van der Waals surface area (Å²) in [6.07, 6.45) is 1.73. The number of halogens is 1. The molecule has 0 saturated heterocycles. The van der Waals surface area contributed by atoms with E-state index in [1.165, 1.54) is 0 Å². The Labute approximate surface area is 136 Å². The Bertz CT molecular complexity index is 1050. The van der Waals surface area contributed by atoms with Gasteiger partial charge >= 0.3 is 0 Å². The number of H-pyrrole nitrogens is 1. The molecule has 0 aliphatic carbocycles. The fourth-order valence-corrected chi connectivity index (χ4v) is 2.66. The van der Waals surface area contributed by atoms with E-state index in [9.17, 15) is 4.79 Å². The topological polar surface area (TPSA) is 75.1 Å². The molecule has 4 aromatic rings. The zero-order valence-corrected chi connectivity index (χ0v) is 12.9. The van der Waals surface area contributed by atoms with Crippen LogP contribution in [0.5, 0.6) is 0 Å². The van der Waals surface area contributed by atoms with Crippen LogP contribution in [0.1, 0.15) is 16.3 Å². The molecule has 0 aliphatic rings. The summed E-state index contributed by atoms with van der Waals surface area (Å²) in [6.45, 7) is 1.82. The summed E-state index contributed by atoms with van der Waals surface area (Å²) in [5.41, 5.74) is 2.67. The van der Waals surface area contributed by atoms with Crippen LogP contribution >= 0.6 is 11.6 Å². The van der Waals surface area contributed by atoms with Gasteiger partial charge in [-0.1, -0.05) is 17.7 Å². The first-order valence-corrected chi connectivity index (χ1v) is 7.39. The third kappa shape index (κ3) is 2.53. The number of pyridine rings is 1. The van der Waals surface area contributed by atoms with Gasteiger partial charge in [-0.15, -0.1) is 0 Å². The molecule has 23 heavy (non-hydrogen) atoms. The highest BCUT2D eigenvalue weighted by Crippen LogP contribution is 2.20. The van der Waals surface area contributed by atoms with Crippen molar-refractivity contribution in [2.24, 2.45) is 0 Å². The molecule has 3 heterocycles. The summed E-state index contributed by atoms with van der Waals surface area (Å²) < 4.78 is 1.63. The van der Waals surface area contributed by atoms with Crippen molar-refractivity contribution in [1.82, 2.24) is 19.6 Å². The molecule has 2 N–H and O–H groups in total. The number of aromatic nitrogens is 4. The quantitative estimate of drug-likeness (QED) is 0.593. The van der Waals surface area contributed by atoms with Gasteiger partial charge in [0.05, 0.1) is 11.9 Å². The minimum Gasteiger partial charge on any atom is -0.350 e. The second-order valence-electron chi connectivity index (χ2n) is 5.25. The molecule has 0 bridgehead atoms. The molecule has 4 rings (SSSR count). The summed E-state index contributed by atoms with van der Waals surface area (Å²) in [4.78, 5) is 19.7. The van der Waals surface area contributed by atoms with Crippen LogP contribution in [0, 0.1) is 6.92 Å². The van der Waals surface area contributed by atoms with Crippen LogP contribution < -0.4 is 5.32 Å². The Balaban J connectivity index is 1.64. The van der Waals surface area contributed by atoms with Gasteiger partial charge in [-0.2, -0.15) is 5.10 Å². The average Bonchev–Trinajstić information content (AvgIpc) is 3.08. The van der Waals surface area contributed by atoms with E-state index in [1.54, 1.807) is 41.0 Å². The molecular weight excluding hydrogens is 314 g/mol. The van der Waals surface area contributed by atoms with Gasteiger partial charge in [0.1, 0.15) is 11.5 Å². The number of rotatable bonds is 2. The van der Waals surface area contributed by atoms with E-state index in [2.05, 4.69) is 20.4 Å². The predicted octanol–water partition coefficient (Wildman–Crippen LogP) is 3.42. The molecule has 0 atom stereocenters. The lowest BCUT2D eigenvalue weighted by molar-refractivity contribution is 0.102. The Hall–Kier alpha value is -2.86. The van der Waals surface area contributed by atoms with Crippen LogP contribution in [0.3, 0.4) is 0 Å². The number of anilines is 1. The number of hydrogen-bond acceptors (Lipinski definition) is 3. The summed E-state index contributed by atoms with van der Waals surface area (Å²) in [7, 11) is 0. The maximum absolute atomic E-state index is 12.4. The molecule has 0 spiro atoms. The molecule has 0 radical (unpaired) electrons. The van der Waals surface area contributed by atoms with Crippen LogP contribution in [0.4, 0.5) is 5.69 Å². The second-order valence-corrected chi connectivity index (χ2v) is 5.68. The lowest BCUT2D eigenvalue weighted by atomic mass is 10.2. The SMILES string of the molecule is Cc1nc2ccc(NC(=O)c3cc4ccc(Cl)cc4[nH]3)cn2n1. The molecular formula is C16H12ClN5O. The minimum atomic E-state index is -0.228. The minimum absolute atomic E-state index is 0.228. The molecule has 7 heteroatoms. The van der Waals surface area contributed by atoms with Gasteiger partial charge in [-0.25, -0.2) is 9.50 Å². The first-order chi connectivity index (χ1) is 11.1. The smallest absolute Gasteiger partial charge is 0.272 e. The number of hydrogen-bond donors (Lipinski definition) is 2. The van der Waals surface area contributed by atoms with Crippen molar-refractivity contribution in [2.45, 2.75) is 6.92 Å². The Morgan fingerprint density at radius 3 is 3.00 bits per heavy atom. The Morgan fingerprint density at radius 2 is 2.13 bits per heavy atom. The number of amides is 1. The van der Waals surface area contributed by atoms with Gasteiger partial charge in [-0.3, -0.25) is 4.79 Å². The zero-order valence-electron chi connectivity index (χ0n) is 12.2. The van der Waals surface area contributed by atoms with Crippen molar-refractivity contribution >= 4 is 39.7 Å². The molecule has 6 nitrogen and oxygen atoms in total. The monoisotopic (exact) mass is 325 g/mol. The molecule has 1 aromatic carbocycles. The van der Waals surface area contributed by atoms with Gasteiger partial charge in [0, 0.05) is 15.9 Å². The largest absolute Gasteiger partial charge is 0.350 e. The number of benzene rings is 1. The third-order valence-electron chi connectivity index (χ3n) is 3.52. The van der Waals surface area contributed by atoms with E-state index in [4.69, 9.17) is 11.6 Å². The second kappa shape index (κ2) is 5.10. The first-order valence-electron chi connectivity index (χ1n) is 7.01. The van der Waals surface area contributed by atoms with Crippen LogP contribution in [-0.2, 0) is 0 Å². The normalized spacial score (nSPS) is 11.2. The fourth-order valence-electron chi connectivity index (χ4n) is 2.49. The standard InChI is InChI=1S/C16H12ClN5O/c1-9-18-15-5-4-12(8-22(15)21-9)19-16(23)14-6-10-2-3-11(17)7-13(10)20-14/h2-8,20H,1H3,(H,19,23). The lowest BCUT2D eigenvalue weighted by Crippen LogP contribution is -2.12. The molecule has 0 aliphatic heterocycles. The number of nitrogens with zero attached hydrogens (tertiary/aromatic N) is 3. The number of fused-ring (bicyclic) bond motifs is 2. The summed E-state index contributed by atoms with van der Waals surface area (Å²) in [6, 6.07) is 10.8. The van der Waals surface area contributed by atoms with Crippen LogP contribution in [0.25, 0.3) is 16.6 Å².